The number of aliphatic imine (C=N–C) groups is 1. The van der Waals surface area contributed by atoms with Gasteiger partial charge in [-0.2, -0.15) is 0 Å². The number of guanidine groups is 1. The zero-order valence-electron chi connectivity index (χ0n) is 17.0. The minimum Gasteiger partial charge on any atom is -0.357 e. The van der Waals surface area contributed by atoms with Gasteiger partial charge in [0.05, 0.1) is 6.54 Å². The molecule has 1 aliphatic rings. The maximum Gasteiger partial charge on any atom is 0.222 e. The van der Waals surface area contributed by atoms with E-state index in [2.05, 4.69) is 58.1 Å². The van der Waals surface area contributed by atoms with Gasteiger partial charge in [-0.15, -0.1) is 0 Å². The molecule has 0 aliphatic carbocycles. The number of hydrogen-bond acceptors (Lipinski definition) is 3. The van der Waals surface area contributed by atoms with Crippen LogP contribution in [0.25, 0.3) is 0 Å². The minimum absolute atomic E-state index is 0.0184. The van der Waals surface area contributed by atoms with Crippen molar-refractivity contribution in [2.24, 2.45) is 10.9 Å². The monoisotopic (exact) mass is 373 g/mol. The van der Waals surface area contributed by atoms with Crippen molar-refractivity contribution in [1.29, 1.82) is 0 Å². The molecule has 1 fully saturated rings. The molecule has 0 radical (unpaired) electrons. The average Bonchev–Trinajstić information content (AvgIpc) is 3.10. The van der Waals surface area contributed by atoms with Crippen molar-refractivity contribution >= 4 is 11.9 Å². The summed E-state index contributed by atoms with van der Waals surface area (Å²) in [6, 6.07) is 11.1. The summed E-state index contributed by atoms with van der Waals surface area (Å²) in [5.74, 6) is 0.925. The van der Waals surface area contributed by atoms with Crippen molar-refractivity contribution in [3.05, 3.63) is 35.9 Å². The minimum atomic E-state index is 0.0184. The largest absolute Gasteiger partial charge is 0.357 e. The summed E-state index contributed by atoms with van der Waals surface area (Å²) in [5.41, 5.74) is 1.36. The van der Waals surface area contributed by atoms with Crippen molar-refractivity contribution < 1.29 is 4.79 Å². The summed E-state index contributed by atoms with van der Waals surface area (Å²) in [4.78, 5) is 18.9. The molecule has 27 heavy (non-hydrogen) atoms. The Bertz CT molecular complexity index is 587. The molecule has 2 rings (SSSR count). The topological polar surface area (TPSA) is 68.8 Å². The molecule has 1 unspecified atom stereocenters. The highest BCUT2D eigenvalue weighted by Crippen LogP contribution is 2.20. The Morgan fingerprint density at radius 3 is 2.63 bits per heavy atom. The second-order valence-corrected chi connectivity index (χ2v) is 7.34. The summed E-state index contributed by atoms with van der Waals surface area (Å²) in [6.07, 6.45) is 2.43. The molecule has 150 valence electrons. The number of likely N-dealkylation sites (tertiary alicyclic amines) is 1. The predicted molar refractivity (Wildman–Crippen MR) is 112 cm³/mol. The maximum atomic E-state index is 11.6. The summed E-state index contributed by atoms with van der Waals surface area (Å²) in [6.45, 7) is 10.9. The molecule has 1 atom stereocenters. The first-order valence-corrected chi connectivity index (χ1v) is 10.2. The van der Waals surface area contributed by atoms with E-state index < -0.39 is 0 Å². The van der Waals surface area contributed by atoms with Gasteiger partial charge in [0, 0.05) is 38.1 Å². The zero-order chi connectivity index (χ0) is 19.5. The fourth-order valence-corrected chi connectivity index (χ4v) is 3.24. The number of benzene rings is 1. The molecule has 1 amide bonds. The van der Waals surface area contributed by atoms with Gasteiger partial charge in [-0.3, -0.25) is 14.7 Å². The smallest absolute Gasteiger partial charge is 0.222 e. The first-order valence-electron chi connectivity index (χ1n) is 10.2. The number of nitrogens with zero attached hydrogens (tertiary/aromatic N) is 2. The molecule has 0 saturated carbocycles. The molecule has 0 spiro atoms. The number of nitrogens with one attached hydrogen (secondary N) is 3. The van der Waals surface area contributed by atoms with Crippen LogP contribution in [0.1, 0.15) is 39.2 Å². The first kappa shape index (κ1) is 21.2. The number of amides is 1. The standard InChI is InChI=1S/C21H35N5O/c1-4-22-21(24-13-12-23-20(27)17(2)3)25-15-19-11-8-14-26(19)16-18-9-6-5-7-10-18/h5-7,9-10,17,19H,4,8,11-16H2,1-3H3,(H,23,27)(H2,22,24,25). The lowest BCUT2D eigenvalue weighted by Crippen LogP contribution is -2.43. The average molecular weight is 374 g/mol. The third kappa shape index (κ3) is 7.59. The lowest BCUT2D eigenvalue weighted by Gasteiger charge is -2.23. The van der Waals surface area contributed by atoms with Crippen LogP contribution in [0.3, 0.4) is 0 Å². The predicted octanol–water partition coefficient (Wildman–Crippen LogP) is 1.98. The SMILES string of the molecule is CCNC(=NCC1CCCN1Cc1ccccc1)NCCNC(=O)C(C)C. The van der Waals surface area contributed by atoms with Gasteiger partial charge >= 0.3 is 0 Å². The Morgan fingerprint density at radius 1 is 1.19 bits per heavy atom. The van der Waals surface area contributed by atoms with E-state index in [1.807, 2.05) is 13.8 Å². The Balaban J connectivity index is 1.80. The van der Waals surface area contributed by atoms with Crippen LogP contribution >= 0.6 is 0 Å². The summed E-state index contributed by atoms with van der Waals surface area (Å²) < 4.78 is 0. The summed E-state index contributed by atoms with van der Waals surface area (Å²) in [7, 11) is 0. The third-order valence-electron chi connectivity index (χ3n) is 4.77. The first-order chi connectivity index (χ1) is 13.1. The molecule has 1 aromatic carbocycles. The van der Waals surface area contributed by atoms with Gasteiger partial charge in [-0.05, 0) is 31.9 Å². The summed E-state index contributed by atoms with van der Waals surface area (Å²) in [5, 5.41) is 9.52. The number of hydrogen-bond donors (Lipinski definition) is 3. The van der Waals surface area contributed by atoms with Gasteiger partial charge in [0.25, 0.3) is 0 Å². The van der Waals surface area contributed by atoms with E-state index in [0.717, 1.165) is 32.1 Å². The highest BCUT2D eigenvalue weighted by Gasteiger charge is 2.24. The zero-order valence-corrected chi connectivity index (χ0v) is 17.0. The molecular weight excluding hydrogens is 338 g/mol. The molecule has 1 aliphatic heterocycles. The van der Waals surface area contributed by atoms with Crippen molar-refractivity contribution in [1.82, 2.24) is 20.9 Å². The quantitative estimate of drug-likeness (QED) is 0.352. The van der Waals surface area contributed by atoms with Crippen LogP contribution in [0.15, 0.2) is 35.3 Å². The fraction of sp³-hybridized carbons (Fsp3) is 0.619. The van der Waals surface area contributed by atoms with E-state index in [0.29, 0.717) is 19.1 Å². The highest BCUT2D eigenvalue weighted by atomic mass is 16.1. The lowest BCUT2D eigenvalue weighted by molar-refractivity contribution is -0.123. The Labute approximate surface area is 163 Å². The van der Waals surface area contributed by atoms with Crippen molar-refractivity contribution in [2.75, 3.05) is 32.7 Å². The number of carbonyl (C=O) groups excluding carboxylic acids is 1. The van der Waals surface area contributed by atoms with Crippen LogP contribution in [-0.2, 0) is 11.3 Å². The Hall–Kier alpha value is -2.08. The van der Waals surface area contributed by atoms with Gasteiger partial charge in [0.2, 0.25) is 5.91 Å². The van der Waals surface area contributed by atoms with Gasteiger partial charge in [0.15, 0.2) is 5.96 Å². The molecule has 1 saturated heterocycles. The van der Waals surface area contributed by atoms with Gasteiger partial charge in [-0.1, -0.05) is 44.2 Å². The molecule has 1 aromatic rings. The normalized spacial score (nSPS) is 17.9. The van der Waals surface area contributed by atoms with E-state index in [1.165, 1.54) is 18.4 Å². The van der Waals surface area contributed by atoms with Crippen LogP contribution in [-0.4, -0.2) is 55.5 Å². The van der Waals surface area contributed by atoms with Crippen molar-refractivity contribution in [2.45, 2.75) is 46.2 Å². The van der Waals surface area contributed by atoms with E-state index in [4.69, 9.17) is 4.99 Å². The van der Waals surface area contributed by atoms with Crippen molar-refractivity contribution in [3.8, 4) is 0 Å². The lowest BCUT2D eigenvalue weighted by atomic mass is 10.2. The fourth-order valence-electron chi connectivity index (χ4n) is 3.24. The second kappa shape index (κ2) is 11.6. The van der Waals surface area contributed by atoms with Crippen LogP contribution in [0.5, 0.6) is 0 Å². The van der Waals surface area contributed by atoms with Crippen molar-refractivity contribution in [3.63, 3.8) is 0 Å². The summed E-state index contributed by atoms with van der Waals surface area (Å²) >= 11 is 0. The highest BCUT2D eigenvalue weighted by molar-refractivity contribution is 5.80. The molecule has 3 N–H and O–H groups in total. The molecular formula is C21H35N5O. The van der Waals surface area contributed by atoms with Crippen LogP contribution in [0, 0.1) is 5.92 Å². The molecule has 6 nitrogen and oxygen atoms in total. The van der Waals surface area contributed by atoms with Gasteiger partial charge < -0.3 is 16.0 Å². The second-order valence-electron chi connectivity index (χ2n) is 7.34. The van der Waals surface area contributed by atoms with Crippen LogP contribution < -0.4 is 16.0 Å². The van der Waals surface area contributed by atoms with E-state index in [-0.39, 0.29) is 11.8 Å². The van der Waals surface area contributed by atoms with Crippen LogP contribution in [0.2, 0.25) is 0 Å². The van der Waals surface area contributed by atoms with Gasteiger partial charge in [0.1, 0.15) is 0 Å². The number of carbonyl (C=O) groups is 1. The van der Waals surface area contributed by atoms with E-state index in [1.54, 1.807) is 0 Å². The molecule has 0 bridgehead atoms. The van der Waals surface area contributed by atoms with Crippen LogP contribution in [0.4, 0.5) is 0 Å². The number of rotatable bonds is 9. The third-order valence-corrected chi connectivity index (χ3v) is 4.77. The molecule has 1 heterocycles. The molecule has 6 heteroatoms. The van der Waals surface area contributed by atoms with E-state index >= 15 is 0 Å². The van der Waals surface area contributed by atoms with Gasteiger partial charge in [-0.25, -0.2) is 0 Å². The Kier molecular flexibility index (Phi) is 9.11. The van der Waals surface area contributed by atoms with E-state index in [9.17, 15) is 4.79 Å². The Morgan fingerprint density at radius 2 is 1.93 bits per heavy atom. The maximum absolute atomic E-state index is 11.6. The molecule has 0 aromatic heterocycles.